The molecule has 0 aliphatic rings. The monoisotopic (exact) mass is 254 g/mol. The molecule has 18 heavy (non-hydrogen) atoms. The SMILES string of the molecule is CCCC(CC)C/C=C\CC(NNC)C(C)CC. The summed E-state index contributed by atoms with van der Waals surface area (Å²) in [7, 11) is 1.95. The Morgan fingerprint density at radius 1 is 1.00 bits per heavy atom. The van der Waals surface area contributed by atoms with Crippen LogP contribution in [0.4, 0.5) is 0 Å². The van der Waals surface area contributed by atoms with Gasteiger partial charge in [-0.2, -0.15) is 0 Å². The summed E-state index contributed by atoms with van der Waals surface area (Å²) in [5.74, 6) is 1.59. The van der Waals surface area contributed by atoms with E-state index in [0.717, 1.165) is 12.3 Å². The quantitative estimate of drug-likeness (QED) is 0.424. The summed E-state index contributed by atoms with van der Waals surface area (Å²) >= 11 is 0. The van der Waals surface area contributed by atoms with Crippen molar-refractivity contribution in [2.45, 2.75) is 72.3 Å². The van der Waals surface area contributed by atoms with Crippen LogP contribution in [0.15, 0.2) is 12.2 Å². The molecule has 2 N–H and O–H groups in total. The van der Waals surface area contributed by atoms with Crippen molar-refractivity contribution >= 4 is 0 Å². The van der Waals surface area contributed by atoms with Gasteiger partial charge < -0.3 is 0 Å². The van der Waals surface area contributed by atoms with Gasteiger partial charge in [0.15, 0.2) is 0 Å². The average molecular weight is 254 g/mol. The third-order valence-electron chi connectivity index (χ3n) is 3.96. The highest BCUT2D eigenvalue weighted by atomic mass is 15.3. The lowest BCUT2D eigenvalue weighted by Crippen LogP contribution is -2.41. The number of hydrogen-bond donors (Lipinski definition) is 2. The first-order valence-corrected chi connectivity index (χ1v) is 7.76. The number of hydrogen-bond acceptors (Lipinski definition) is 2. The van der Waals surface area contributed by atoms with Crippen molar-refractivity contribution in [3.8, 4) is 0 Å². The molecule has 0 radical (unpaired) electrons. The van der Waals surface area contributed by atoms with Gasteiger partial charge in [-0.25, -0.2) is 0 Å². The highest BCUT2D eigenvalue weighted by Gasteiger charge is 2.12. The third kappa shape index (κ3) is 7.88. The number of rotatable bonds is 11. The van der Waals surface area contributed by atoms with E-state index in [2.05, 4.69) is 50.7 Å². The summed E-state index contributed by atoms with van der Waals surface area (Å²) in [6.07, 6.45) is 12.3. The first-order chi connectivity index (χ1) is 8.69. The van der Waals surface area contributed by atoms with Crippen molar-refractivity contribution in [1.29, 1.82) is 0 Å². The molecule has 3 atom stereocenters. The van der Waals surface area contributed by atoms with Gasteiger partial charge in [-0.15, -0.1) is 0 Å². The number of hydrazine groups is 1. The Morgan fingerprint density at radius 3 is 2.17 bits per heavy atom. The Balaban J connectivity index is 4.01. The fourth-order valence-corrected chi connectivity index (χ4v) is 2.33. The molecule has 0 saturated heterocycles. The molecular weight excluding hydrogens is 220 g/mol. The molecule has 0 bridgehead atoms. The Labute approximate surface area is 115 Å². The van der Waals surface area contributed by atoms with Crippen molar-refractivity contribution in [1.82, 2.24) is 10.9 Å². The average Bonchev–Trinajstić information content (AvgIpc) is 2.39. The second kappa shape index (κ2) is 11.7. The molecule has 0 aromatic heterocycles. The van der Waals surface area contributed by atoms with E-state index in [0.29, 0.717) is 12.0 Å². The largest absolute Gasteiger partial charge is 0.261 e. The Hall–Kier alpha value is -0.340. The number of nitrogens with one attached hydrogen (secondary N) is 2. The van der Waals surface area contributed by atoms with E-state index in [1.165, 1.54) is 32.1 Å². The zero-order chi connectivity index (χ0) is 13.8. The topological polar surface area (TPSA) is 24.1 Å². The lowest BCUT2D eigenvalue weighted by Gasteiger charge is -2.22. The molecule has 0 heterocycles. The van der Waals surface area contributed by atoms with Gasteiger partial charge in [-0.05, 0) is 31.7 Å². The summed E-state index contributed by atoms with van der Waals surface area (Å²) in [5.41, 5.74) is 6.44. The molecule has 108 valence electrons. The van der Waals surface area contributed by atoms with Crippen LogP contribution < -0.4 is 10.9 Å². The Morgan fingerprint density at radius 2 is 1.67 bits per heavy atom. The van der Waals surface area contributed by atoms with Crippen molar-refractivity contribution < 1.29 is 0 Å². The molecule has 0 saturated carbocycles. The fourth-order valence-electron chi connectivity index (χ4n) is 2.33. The van der Waals surface area contributed by atoms with Gasteiger partial charge in [0.2, 0.25) is 0 Å². The van der Waals surface area contributed by atoms with Crippen LogP contribution in [0.3, 0.4) is 0 Å². The summed E-state index contributed by atoms with van der Waals surface area (Å²) in [4.78, 5) is 0. The second-order valence-corrected chi connectivity index (χ2v) is 5.39. The van der Waals surface area contributed by atoms with Crippen LogP contribution in [0.1, 0.15) is 66.2 Å². The maximum atomic E-state index is 3.36. The predicted octanol–water partition coefficient (Wildman–Crippen LogP) is 4.29. The molecule has 0 aromatic carbocycles. The zero-order valence-corrected chi connectivity index (χ0v) is 13.1. The summed E-state index contributed by atoms with van der Waals surface area (Å²) in [5, 5.41) is 0. The van der Waals surface area contributed by atoms with Gasteiger partial charge in [0, 0.05) is 6.04 Å². The molecular formula is C16H34N2. The van der Waals surface area contributed by atoms with E-state index >= 15 is 0 Å². The van der Waals surface area contributed by atoms with Crippen LogP contribution >= 0.6 is 0 Å². The molecule has 0 spiro atoms. The van der Waals surface area contributed by atoms with Crippen molar-refractivity contribution in [3.63, 3.8) is 0 Å². The van der Waals surface area contributed by atoms with E-state index in [9.17, 15) is 0 Å². The van der Waals surface area contributed by atoms with Crippen molar-refractivity contribution in [2.75, 3.05) is 7.05 Å². The van der Waals surface area contributed by atoms with Gasteiger partial charge in [-0.3, -0.25) is 10.9 Å². The van der Waals surface area contributed by atoms with Crippen LogP contribution in [0.5, 0.6) is 0 Å². The minimum atomic E-state index is 0.544. The van der Waals surface area contributed by atoms with Crippen LogP contribution in [-0.4, -0.2) is 13.1 Å². The van der Waals surface area contributed by atoms with Crippen LogP contribution in [0.25, 0.3) is 0 Å². The minimum absolute atomic E-state index is 0.544. The Bertz CT molecular complexity index is 201. The Kier molecular flexibility index (Phi) is 11.5. The van der Waals surface area contributed by atoms with Crippen molar-refractivity contribution in [3.05, 3.63) is 12.2 Å². The van der Waals surface area contributed by atoms with E-state index in [4.69, 9.17) is 0 Å². The summed E-state index contributed by atoms with van der Waals surface area (Å²) in [6.45, 7) is 9.16. The van der Waals surface area contributed by atoms with Crippen LogP contribution in [0.2, 0.25) is 0 Å². The van der Waals surface area contributed by atoms with E-state index in [1.54, 1.807) is 0 Å². The zero-order valence-electron chi connectivity index (χ0n) is 13.1. The van der Waals surface area contributed by atoms with Gasteiger partial charge in [0.25, 0.3) is 0 Å². The molecule has 3 unspecified atom stereocenters. The van der Waals surface area contributed by atoms with E-state index < -0.39 is 0 Å². The number of allylic oxidation sites excluding steroid dienone is 1. The molecule has 0 aliphatic carbocycles. The maximum absolute atomic E-state index is 3.36. The predicted molar refractivity (Wildman–Crippen MR) is 82.5 cm³/mol. The molecule has 2 heteroatoms. The summed E-state index contributed by atoms with van der Waals surface area (Å²) in [6, 6.07) is 0.544. The third-order valence-corrected chi connectivity index (χ3v) is 3.96. The van der Waals surface area contributed by atoms with Crippen molar-refractivity contribution in [2.24, 2.45) is 11.8 Å². The summed E-state index contributed by atoms with van der Waals surface area (Å²) < 4.78 is 0. The molecule has 2 nitrogen and oxygen atoms in total. The molecule has 0 aromatic rings. The smallest absolute Gasteiger partial charge is 0.0272 e. The highest BCUT2D eigenvalue weighted by molar-refractivity contribution is 4.89. The lowest BCUT2D eigenvalue weighted by atomic mass is 9.94. The van der Waals surface area contributed by atoms with Gasteiger partial charge in [-0.1, -0.05) is 65.5 Å². The molecule has 0 aliphatic heterocycles. The molecule has 0 amide bonds. The van der Waals surface area contributed by atoms with Gasteiger partial charge in [0.1, 0.15) is 0 Å². The van der Waals surface area contributed by atoms with E-state index in [-0.39, 0.29) is 0 Å². The fraction of sp³-hybridized carbons (Fsp3) is 0.875. The van der Waals surface area contributed by atoms with Gasteiger partial charge in [0.05, 0.1) is 0 Å². The van der Waals surface area contributed by atoms with Gasteiger partial charge >= 0.3 is 0 Å². The second-order valence-electron chi connectivity index (χ2n) is 5.39. The molecule has 0 fully saturated rings. The first-order valence-electron chi connectivity index (χ1n) is 7.76. The first kappa shape index (κ1) is 17.7. The maximum Gasteiger partial charge on any atom is 0.0272 e. The standard InChI is InChI=1S/C16H34N2/c1-6-11-15(8-3)12-9-10-13-16(18-17-5)14(4)7-2/h9-10,14-18H,6-8,11-13H2,1-5H3/b10-9-. The minimum Gasteiger partial charge on any atom is -0.261 e. The molecule has 0 rings (SSSR count). The van der Waals surface area contributed by atoms with Crippen LogP contribution in [0, 0.1) is 11.8 Å². The highest BCUT2D eigenvalue weighted by Crippen LogP contribution is 2.16. The normalized spacial score (nSPS) is 16.9. The lowest BCUT2D eigenvalue weighted by molar-refractivity contribution is 0.340. The van der Waals surface area contributed by atoms with E-state index in [1.807, 2.05) is 7.05 Å². The van der Waals surface area contributed by atoms with Crippen LogP contribution in [-0.2, 0) is 0 Å².